The van der Waals surface area contributed by atoms with Crippen LogP contribution in [0.2, 0.25) is 5.02 Å². The van der Waals surface area contributed by atoms with E-state index >= 15 is 0 Å². The monoisotopic (exact) mass is 444 g/mol. The van der Waals surface area contributed by atoms with Crippen molar-refractivity contribution < 1.29 is 22.7 Å². The molecule has 7 nitrogen and oxygen atoms in total. The van der Waals surface area contributed by atoms with Crippen LogP contribution in [0.15, 0.2) is 24.3 Å². The van der Waals surface area contributed by atoms with Crippen molar-refractivity contribution in [2.75, 3.05) is 40.0 Å². The third-order valence-electron chi connectivity index (χ3n) is 5.55. The zero-order valence-corrected chi connectivity index (χ0v) is 18.3. The molecule has 0 radical (unpaired) electrons. The van der Waals surface area contributed by atoms with Gasteiger partial charge in [0.2, 0.25) is 15.9 Å². The van der Waals surface area contributed by atoms with Crippen LogP contribution in [0.3, 0.4) is 0 Å². The van der Waals surface area contributed by atoms with E-state index in [0.29, 0.717) is 36.9 Å². The lowest BCUT2D eigenvalue weighted by molar-refractivity contribution is -0.143. The summed E-state index contributed by atoms with van der Waals surface area (Å²) in [5, 5.41) is 0.577. The molecule has 29 heavy (non-hydrogen) atoms. The molecule has 9 heteroatoms. The van der Waals surface area contributed by atoms with Crippen LogP contribution in [0, 0.1) is 0 Å². The normalized spacial score (nSPS) is 21.8. The Hall–Kier alpha value is -1.19. The molecule has 2 heterocycles. The summed E-state index contributed by atoms with van der Waals surface area (Å²) in [7, 11) is -1.98. The zero-order chi connectivity index (χ0) is 20.9. The standard InChI is InChI=1S/C20H29ClN2O5S/c1-27-14-20(24)23(18-8-11-28-12-9-18)19-3-2-10-22(13-19)29(25,26)15-16-4-6-17(21)7-5-16/h4-7,18-19H,2-3,8-15H2,1H3. The molecule has 0 aromatic heterocycles. The number of hydrogen-bond acceptors (Lipinski definition) is 5. The Morgan fingerprint density at radius 2 is 1.90 bits per heavy atom. The largest absolute Gasteiger partial charge is 0.381 e. The lowest BCUT2D eigenvalue weighted by Crippen LogP contribution is -2.56. The molecule has 0 aliphatic carbocycles. The molecule has 1 atom stereocenters. The molecule has 0 spiro atoms. The van der Waals surface area contributed by atoms with E-state index in [4.69, 9.17) is 21.1 Å². The first-order chi connectivity index (χ1) is 13.9. The maximum Gasteiger partial charge on any atom is 0.249 e. The van der Waals surface area contributed by atoms with Crippen molar-refractivity contribution in [2.24, 2.45) is 0 Å². The smallest absolute Gasteiger partial charge is 0.249 e. The van der Waals surface area contributed by atoms with E-state index in [0.717, 1.165) is 25.7 Å². The highest BCUT2D eigenvalue weighted by molar-refractivity contribution is 7.88. The number of ether oxygens (including phenoxy) is 2. The summed E-state index contributed by atoms with van der Waals surface area (Å²) in [6.45, 7) is 2.04. The highest BCUT2D eigenvalue weighted by Gasteiger charge is 2.37. The highest BCUT2D eigenvalue weighted by Crippen LogP contribution is 2.26. The van der Waals surface area contributed by atoms with Crippen LogP contribution in [0.1, 0.15) is 31.2 Å². The van der Waals surface area contributed by atoms with Gasteiger partial charge in [0.05, 0.1) is 5.75 Å². The minimum atomic E-state index is -3.49. The zero-order valence-electron chi connectivity index (χ0n) is 16.8. The summed E-state index contributed by atoms with van der Waals surface area (Å²) in [5.41, 5.74) is 0.702. The Morgan fingerprint density at radius 1 is 1.21 bits per heavy atom. The van der Waals surface area contributed by atoms with Gasteiger partial charge >= 0.3 is 0 Å². The van der Waals surface area contributed by atoms with E-state index in [-0.39, 0.29) is 30.4 Å². The van der Waals surface area contributed by atoms with Crippen LogP contribution >= 0.6 is 11.6 Å². The number of amides is 1. The maximum absolute atomic E-state index is 13.0. The third kappa shape index (κ3) is 5.92. The summed E-state index contributed by atoms with van der Waals surface area (Å²) in [4.78, 5) is 14.7. The molecule has 2 fully saturated rings. The first kappa shape index (κ1) is 22.5. The SMILES string of the molecule is COCC(=O)N(C1CCOCC1)C1CCCN(S(=O)(=O)Cc2ccc(Cl)cc2)C1. The average molecular weight is 445 g/mol. The Morgan fingerprint density at radius 3 is 2.55 bits per heavy atom. The maximum atomic E-state index is 13.0. The topological polar surface area (TPSA) is 76.2 Å². The molecule has 0 bridgehead atoms. The first-order valence-electron chi connectivity index (χ1n) is 10.0. The Labute approximate surface area is 178 Å². The van der Waals surface area contributed by atoms with Gasteiger partial charge in [-0.2, -0.15) is 4.31 Å². The number of methoxy groups -OCH3 is 1. The van der Waals surface area contributed by atoms with Crippen LogP contribution in [0.25, 0.3) is 0 Å². The average Bonchev–Trinajstić information content (AvgIpc) is 2.71. The molecule has 1 unspecified atom stereocenters. The third-order valence-corrected chi connectivity index (χ3v) is 7.62. The molecular formula is C20H29ClN2O5S. The van der Waals surface area contributed by atoms with E-state index < -0.39 is 10.0 Å². The van der Waals surface area contributed by atoms with Gasteiger partial charge in [0, 0.05) is 50.5 Å². The number of piperidine rings is 1. The van der Waals surface area contributed by atoms with Crippen molar-refractivity contribution in [3.05, 3.63) is 34.9 Å². The van der Waals surface area contributed by atoms with E-state index in [1.807, 2.05) is 4.90 Å². The Kier molecular flexibility index (Phi) is 7.92. The van der Waals surface area contributed by atoms with Gasteiger partial charge in [0.1, 0.15) is 6.61 Å². The van der Waals surface area contributed by atoms with Crippen molar-refractivity contribution >= 4 is 27.5 Å². The van der Waals surface area contributed by atoms with E-state index in [1.54, 1.807) is 24.3 Å². The second-order valence-electron chi connectivity index (χ2n) is 7.61. The van der Waals surface area contributed by atoms with E-state index in [1.165, 1.54) is 11.4 Å². The molecule has 2 saturated heterocycles. The fourth-order valence-corrected chi connectivity index (χ4v) is 5.88. The Balaban J connectivity index is 1.74. The van der Waals surface area contributed by atoms with E-state index in [9.17, 15) is 13.2 Å². The van der Waals surface area contributed by atoms with Crippen molar-refractivity contribution in [1.29, 1.82) is 0 Å². The lowest BCUT2D eigenvalue weighted by Gasteiger charge is -2.43. The number of hydrogen-bond donors (Lipinski definition) is 0. The molecular weight excluding hydrogens is 416 g/mol. The second kappa shape index (κ2) is 10.2. The van der Waals surface area contributed by atoms with Gasteiger partial charge in [0.15, 0.2) is 0 Å². The summed E-state index contributed by atoms with van der Waals surface area (Å²) < 4.78 is 38.1. The molecule has 0 saturated carbocycles. The van der Waals surface area contributed by atoms with Gasteiger partial charge in [-0.1, -0.05) is 23.7 Å². The van der Waals surface area contributed by atoms with Crippen molar-refractivity contribution in [2.45, 2.75) is 43.5 Å². The van der Waals surface area contributed by atoms with Gasteiger partial charge in [-0.25, -0.2) is 8.42 Å². The summed E-state index contributed by atoms with van der Waals surface area (Å²) >= 11 is 5.90. The summed E-state index contributed by atoms with van der Waals surface area (Å²) in [5.74, 6) is -0.151. The molecule has 1 aromatic carbocycles. The van der Waals surface area contributed by atoms with Crippen molar-refractivity contribution in [3.63, 3.8) is 0 Å². The summed E-state index contributed by atoms with van der Waals surface area (Å²) in [6.07, 6.45) is 3.05. The predicted octanol–water partition coefficient (Wildman–Crippen LogP) is 2.29. The minimum Gasteiger partial charge on any atom is -0.381 e. The van der Waals surface area contributed by atoms with Gasteiger partial charge < -0.3 is 14.4 Å². The first-order valence-corrected chi connectivity index (χ1v) is 12.0. The highest BCUT2D eigenvalue weighted by atomic mass is 35.5. The minimum absolute atomic E-state index is 0.00534. The summed E-state index contributed by atoms with van der Waals surface area (Å²) in [6, 6.07) is 6.78. The van der Waals surface area contributed by atoms with E-state index in [2.05, 4.69) is 0 Å². The van der Waals surface area contributed by atoms with Gasteiger partial charge in [-0.3, -0.25) is 4.79 Å². The van der Waals surface area contributed by atoms with Crippen LogP contribution in [0.4, 0.5) is 0 Å². The predicted molar refractivity (Wildman–Crippen MR) is 111 cm³/mol. The quantitative estimate of drug-likeness (QED) is 0.645. The molecule has 1 aromatic rings. The number of rotatable bonds is 7. The van der Waals surface area contributed by atoms with Crippen LogP contribution in [-0.4, -0.2) is 75.6 Å². The fourth-order valence-electron chi connectivity index (χ4n) is 4.15. The molecule has 3 rings (SSSR count). The molecule has 1 amide bonds. The number of halogens is 1. The number of sulfonamides is 1. The van der Waals surface area contributed by atoms with Gasteiger partial charge in [-0.05, 0) is 43.4 Å². The number of carbonyl (C=O) groups is 1. The second-order valence-corrected chi connectivity index (χ2v) is 10.0. The van der Waals surface area contributed by atoms with Crippen LogP contribution in [0.5, 0.6) is 0 Å². The molecule has 0 N–H and O–H groups in total. The number of benzene rings is 1. The molecule has 162 valence electrons. The van der Waals surface area contributed by atoms with Crippen molar-refractivity contribution in [1.82, 2.24) is 9.21 Å². The number of carbonyl (C=O) groups excluding carboxylic acids is 1. The van der Waals surface area contributed by atoms with Crippen LogP contribution < -0.4 is 0 Å². The van der Waals surface area contributed by atoms with Gasteiger partial charge in [-0.15, -0.1) is 0 Å². The van der Waals surface area contributed by atoms with Crippen LogP contribution in [-0.2, 0) is 30.0 Å². The lowest BCUT2D eigenvalue weighted by atomic mass is 9.99. The number of nitrogens with zero attached hydrogens (tertiary/aromatic N) is 2. The van der Waals surface area contributed by atoms with Crippen molar-refractivity contribution in [3.8, 4) is 0 Å². The van der Waals surface area contributed by atoms with Gasteiger partial charge in [0.25, 0.3) is 0 Å². The fraction of sp³-hybridized carbons (Fsp3) is 0.650. The molecule has 2 aliphatic heterocycles. The Bertz CT molecular complexity index is 781. The molecule has 2 aliphatic rings.